The Morgan fingerprint density at radius 1 is 0.292 bits per heavy atom. The molecule has 0 aliphatic carbocycles. The Hall–Kier alpha value is -3.93. The largest absolute Gasteiger partial charge is 0.462 e. The van der Waals surface area contributed by atoms with E-state index in [9.17, 15) is 14.4 Å². The van der Waals surface area contributed by atoms with Gasteiger partial charge in [0.2, 0.25) is 0 Å². The Bertz CT molecular complexity index is 1470. The highest BCUT2D eigenvalue weighted by atomic mass is 16.6. The van der Waals surface area contributed by atoms with Crippen LogP contribution in [0.5, 0.6) is 0 Å². The molecule has 0 saturated carbocycles. The van der Waals surface area contributed by atoms with Gasteiger partial charge in [-0.05, 0) is 103 Å². The van der Waals surface area contributed by atoms with Crippen molar-refractivity contribution >= 4 is 17.9 Å². The van der Waals surface area contributed by atoms with Gasteiger partial charge in [-0.15, -0.1) is 0 Å². The molecule has 0 N–H and O–H groups in total. The minimum atomic E-state index is -0.802. The van der Waals surface area contributed by atoms with Crippen LogP contribution < -0.4 is 0 Å². The number of rotatable bonds is 53. The molecular formula is C66H110O6. The van der Waals surface area contributed by atoms with Gasteiger partial charge in [0, 0.05) is 19.3 Å². The van der Waals surface area contributed by atoms with Gasteiger partial charge in [-0.3, -0.25) is 14.4 Å². The predicted molar refractivity (Wildman–Crippen MR) is 311 cm³/mol. The van der Waals surface area contributed by atoms with E-state index in [4.69, 9.17) is 14.2 Å². The molecule has 0 rings (SSSR count). The Kier molecular flexibility index (Phi) is 56.4. The van der Waals surface area contributed by atoms with Crippen molar-refractivity contribution in [2.45, 2.75) is 277 Å². The van der Waals surface area contributed by atoms with Gasteiger partial charge in [-0.2, -0.15) is 0 Å². The second-order valence-corrected chi connectivity index (χ2v) is 19.5. The van der Waals surface area contributed by atoms with Crippen molar-refractivity contribution in [2.24, 2.45) is 0 Å². The Balaban J connectivity index is 4.33. The van der Waals surface area contributed by atoms with E-state index in [0.717, 1.165) is 96.3 Å². The summed E-state index contributed by atoms with van der Waals surface area (Å²) in [6.45, 7) is 6.44. The van der Waals surface area contributed by atoms with Crippen molar-refractivity contribution in [3.8, 4) is 0 Å². The van der Waals surface area contributed by atoms with Crippen LogP contribution in [0.4, 0.5) is 0 Å². The molecule has 410 valence electrons. The summed E-state index contributed by atoms with van der Waals surface area (Å²) in [6.07, 6.45) is 81.0. The molecule has 0 spiro atoms. The summed E-state index contributed by atoms with van der Waals surface area (Å²) in [4.78, 5) is 38.0. The number of unbranched alkanes of at least 4 members (excludes halogenated alkanes) is 24. The van der Waals surface area contributed by atoms with Crippen molar-refractivity contribution in [1.82, 2.24) is 0 Å². The van der Waals surface area contributed by atoms with Gasteiger partial charge in [-0.25, -0.2) is 0 Å². The third-order valence-electron chi connectivity index (χ3n) is 12.5. The van der Waals surface area contributed by atoms with E-state index in [0.29, 0.717) is 19.3 Å². The zero-order valence-corrected chi connectivity index (χ0v) is 46.9. The summed E-state index contributed by atoms with van der Waals surface area (Å²) >= 11 is 0. The van der Waals surface area contributed by atoms with Crippen LogP contribution >= 0.6 is 0 Å². The normalized spacial score (nSPS) is 12.9. The number of ether oxygens (including phenoxy) is 3. The molecule has 6 heteroatoms. The first-order chi connectivity index (χ1) is 35.5. The molecule has 1 unspecified atom stereocenters. The van der Waals surface area contributed by atoms with Crippen LogP contribution in [0.25, 0.3) is 0 Å². The molecule has 0 amide bonds. The van der Waals surface area contributed by atoms with Crippen molar-refractivity contribution < 1.29 is 28.6 Å². The van der Waals surface area contributed by atoms with E-state index in [1.54, 1.807) is 0 Å². The van der Waals surface area contributed by atoms with Crippen LogP contribution in [0.1, 0.15) is 271 Å². The quantitative estimate of drug-likeness (QED) is 0.0261. The van der Waals surface area contributed by atoms with Crippen molar-refractivity contribution in [3.63, 3.8) is 0 Å². The molecule has 0 aliphatic rings. The van der Waals surface area contributed by atoms with E-state index in [1.165, 1.54) is 128 Å². The predicted octanol–water partition coefficient (Wildman–Crippen LogP) is 20.3. The lowest BCUT2D eigenvalue weighted by Crippen LogP contribution is -2.30. The van der Waals surface area contributed by atoms with Gasteiger partial charge >= 0.3 is 17.9 Å². The highest BCUT2D eigenvalue weighted by Gasteiger charge is 2.19. The van der Waals surface area contributed by atoms with Gasteiger partial charge in [0.15, 0.2) is 6.10 Å². The first-order valence-corrected chi connectivity index (χ1v) is 29.9. The molecule has 0 radical (unpaired) electrons. The topological polar surface area (TPSA) is 78.9 Å². The highest BCUT2D eigenvalue weighted by Crippen LogP contribution is 2.15. The lowest BCUT2D eigenvalue weighted by atomic mass is 10.0. The third-order valence-corrected chi connectivity index (χ3v) is 12.5. The fraction of sp³-hybridized carbons (Fsp3) is 0.682. The van der Waals surface area contributed by atoms with Gasteiger partial charge in [0.25, 0.3) is 0 Å². The summed E-state index contributed by atoms with van der Waals surface area (Å²) in [7, 11) is 0. The summed E-state index contributed by atoms with van der Waals surface area (Å²) in [5, 5.41) is 0. The zero-order chi connectivity index (χ0) is 52.2. The summed E-state index contributed by atoms with van der Waals surface area (Å²) in [5.74, 6) is -0.963. The summed E-state index contributed by atoms with van der Waals surface area (Å²) in [6, 6.07) is 0. The van der Waals surface area contributed by atoms with E-state index >= 15 is 0 Å². The number of hydrogen-bond donors (Lipinski definition) is 0. The average molecular weight is 1000 g/mol. The number of allylic oxidation sites excluding steroid dienone is 18. The minimum Gasteiger partial charge on any atom is -0.462 e. The van der Waals surface area contributed by atoms with Gasteiger partial charge in [0.1, 0.15) is 13.2 Å². The second-order valence-electron chi connectivity index (χ2n) is 19.5. The van der Waals surface area contributed by atoms with E-state index in [-0.39, 0.29) is 37.5 Å². The van der Waals surface area contributed by atoms with Crippen LogP contribution in [0.2, 0.25) is 0 Å². The summed E-state index contributed by atoms with van der Waals surface area (Å²) < 4.78 is 16.8. The molecule has 0 aliphatic heterocycles. The lowest BCUT2D eigenvalue weighted by molar-refractivity contribution is -0.167. The van der Waals surface area contributed by atoms with Gasteiger partial charge in [0.05, 0.1) is 0 Å². The van der Waals surface area contributed by atoms with Crippen molar-refractivity contribution in [3.05, 3.63) is 109 Å². The molecule has 0 aromatic heterocycles. The third kappa shape index (κ3) is 57.0. The molecule has 6 nitrogen and oxygen atoms in total. The first-order valence-electron chi connectivity index (χ1n) is 29.9. The molecule has 0 fully saturated rings. The maximum absolute atomic E-state index is 12.9. The average Bonchev–Trinajstić information content (AvgIpc) is 3.38. The summed E-state index contributed by atoms with van der Waals surface area (Å²) in [5.41, 5.74) is 0. The number of esters is 3. The van der Waals surface area contributed by atoms with Gasteiger partial charge in [-0.1, -0.05) is 259 Å². The van der Waals surface area contributed by atoms with Gasteiger partial charge < -0.3 is 14.2 Å². The minimum absolute atomic E-state index is 0.0968. The van der Waals surface area contributed by atoms with Crippen LogP contribution in [0.3, 0.4) is 0 Å². The Morgan fingerprint density at radius 3 is 0.903 bits per heavy atom. The first kappa shape index (κ1) is 68.1. The molecule has 0 aromatic rings. The smallest absolute Gasteiger partial charge is 0.306 e. The van der Waals surface area contributed by atoms with E-state index < -0.39 is 6.10 Å². The van der Waals surface area contributed by atoms with Crippen LogP contribution in [0.15, 0.2) is 109 Å². The molecule has 0 aromatic carbocycles. The SMILES string of the molecule is CC/C=C\C/C=C\C/C=C\C/C=C\C/C=C\C/C=C\C/C=C\CCCC(=O)OCC(COC(=O)CCCCCCCCCC)OC(=O)CCCCCCCCCCCCC/C=C\C/C=C\CCCCCCC. The van der Waals surface area contributed by atoms with E-state index in [1.807, 2.05) is 0 Å². The molecule has 0 bridgehead atoms. The maximum atomic E-state index is 12.9. The fourth-order valence-electron chi connectivity index (χ4n) is 8.05. The van der Waals surface area contributed by atoms with Crippen LogP contribution in [-0.2, 0) is 28.6 Å². The standard InChI is InChI=1S/C66H110O6/c1-4-7-10-13-16-19-21-23-25-27-29-31-33-35-37-39-41-43-45-47-50-53-56-59-65(68)71-62-63(61-70-64(67)58-55-52-49-18-15-12-9-6-3)72-66(69)60-57-54-51-48-46-44-42-40-38-36-34-32-30-28-26-24-22-20-17-14-11-8-5-2/h7,10,16,19,22-25,28-31,35,37,41,43,47,50,63H,4-6,8-9,11-15,17-18,20-21,26-27,32-34,36,38-40,42,44-46,48-49,51-62H2,1-3H3/b10-7-,19-16-,24-22-,25-23-,30-28-,31-29-,37-35-,43-41-,50-47-. The number of carbonyl (C=O) groups is 3. The monoisotopic (exact) mass is 999 g/mol. The van der Waals surface area contributed by atoms with E-state index in [2.05, 4.69) is 130 Å². The molecule has 72 heavy (non-hydrogen) atoms. The van der Waals surface area contributed by atoms with Crippen LogP contribution in [-0.4, -0.2) is 37.2 Å². The number of hydrogen-bond acceptors (Lipinski definition) is 6. The number of carbonyl (C=O) groups excluding carboxylic acids is 3. The van der Waals surface area contributed by atoms with Crippen LogP contribution in [0, 0.1) is 0 Å². The lowest BCUT2D eigenvalue weighted by Gasteiger charge is -2.18. The molecule has 0 saturated heterocycles. The zero-order valence-electron chi connectivity index (χ0n) is 46.9. The highest BCUT2D eigenvalue weighted by molar-refractivity contribution is 5.71. The van der Waals surface area contributed by atoms with Crippen molar-refractivity contribution in [1.29, 1.82) is 0 Å². The maximum Gasteiger partial charge on any atom is 0.306 e. The molecular weight excluding hydrogens is 889 g/mol. The molecule has 1 atom stereocenters. The second kappa shape index (κ2) is 59.6. The molecule has 0 heterocycles. The fourth-order valence-corrected chi connectivity index (χ4v) is 8.05. The Morgan fingerprint density at radius 2 is 0.556 bits per heavy atom. The van der Waals surface area contributed by atoms with Crippen molar-refractivity contribution in [2.75, 3.05) is 13.2 Å². The Labute approximate surface area is 444 Å².